The third-order valence-corrected chi connectivity index (χ3v) is 3.77. The first-order chi connectivity index (χ1) is 8.24. The lowest BCUT2D eigenvalue weighted by Gasteiger charge is -2.17. The van der Waals surface area contributed by atoms with Gasteiger partial charge in [-0.25, -0.2) is 4.98 Å². The molecular weight excluding hydrogens is 236 g/mol. The molecule has 3 nitrogen and oxygen atoms in total. The first-order valence-corrected chi connectivity index (χ1v) is 6.54. The Morgan fingerprint density at radius 1 is 1.29 bits per heavy atom. The summed E-state index contributed by atoms with van der Waals surface area (Å²) in [6.45, 7) is 0. The third kappa shape index (κ3) is 2.60. The number of rotatable bonds is 4. The largest absolute Gasteiger partial charge is 0.349 e. The highest BCUT2D eigenvalue weighted by molar-refractivity contribution is 6.29. The van der Waals surface area contributed by atoms with Gasteiger partial charge in [0.1, 0.15) is 5.15 Å². The van der Waals surface area contributed by atoms with Gasteiger partial charge in [0.15, 0.2) is 0 Å². The molecular formula is C13H15ClN2O. The zero-order valence-corrected chi connectivity index (χ0v) is 10.3. The Labute approximate surface area is 106 Å². The van der Waals surface area contributed by atoms with E-state index >= 15 is 0 Å². The molecule has 1 amide bonds. The van der Waals surface area contributed by atoms with Crippen LogP contribution in [0.25, 0.3) is 0 Å². The minimum absolute atomic E-state index is 0.0158. The van der Waals surface area contributed by atoms with Crippen LogP contribution in [-0.2, 0) is 0 Å². The van der Waals surface area contributed by atoms with Gasteiger partial charge in [-0.15, -0.1) is 0 Å². The third-order valence-electron chi connectivity index (χ3n) is 3.55. The molecule has 0 bridgehead atoms. The minimum atomic E-state index is -0.0158. The maximum Gasteiger partial charge on any atom is 0.253 e. The summed E-state index contributed by atoms with van der Waals surface area (Å²) in [6, 6.07) is 3.76. The lowest BCUT2D eigenvalue weighted by molar-refractivity contribution is 0.0926. The highest BCUT2D eigenvalue weighted by atomic mass is 35.5. The van der Waals surface area contributed by atoms with Crippen molar-refractivity contribution in [2.45, 2.75) is 31.7 Å². The van der Waals surface area contributed by atoms with E-state index in [1.165, 1.54) is 31.9 Å². The van der Waals surface area contributed by atoms with Crippen LogP contribution in [0, 0.1) is 11.8 Å². The molecule has 17 heavy (non-hydrogen) atoms. The highest BCUT2D eigenvalue weighted by Gasteiger charge is 2.42. The molecule has 0 aromatic carbocycles. The molecule has 1 N–H and O–H groups in total. The number of hydrogen-bond donors (Lipinski definition) is 1. The molecule has 90 valence electrons. The molecule has 1 heterocycles. The van der Waals surface area contributed by atoms with E-state index in [0.717, 1.165) is 0 Å². The number of amides is 1. The molecule has 0 unspecified atom stereocenters. The van der Waals surface area contributed by atoms with Gasteiger partial charge < -0.3 is 5.32 Å². The second-order valence-electron chi connectivity index (χ2n) is 5.04. The molecule has 0 atom stereocenters. The van der Waals surface area contributed by atoms with Crippen LogP contribution >= 0.6 is 11.6 Å². The van der Waals surface area contributed by atoms with Crippen LogP contribution < -0.4 is 5.32 Å². The molecule has 0 spiro atoms. The number of aromatic nitrogens is 1. The molecule has 1 aromatic heterocycles. The number of nitrogens with one attached hydrogen (secondary N) is 1. The number of carbonyl (C=O) groups excluding carboxylic acids is 1. The average molecular weight is 251 g/mol. The number of carbonyl (C=O) groups is 1. The van der Waals surface area contributed by atoms with Gasteiger partial charge in [-0.3, -0.25) is 4.79 Å². The van der Waals surface area contributed by atoms with Crippen molar-refractivity contribution in [3.63, 3.8) is 0 Å². The lowest BCUT2D eigenvalue weighted by Crippen LogP contribution is -2.38. The quantitative estimate of drug-likeness (QED) is 0.835. The monoisotopic (exact) mass is 250 g/mol. The minimum Gasteiger partial charge on any atom is -0.349 e. The van der Waals surface area contributed by atoms with Crippen molar-refractivity contribution in [1.29, 1.82) is 0 Å². The summed E-state index contributed by atoms with van der Waals surface area (Å²) in [5, 5.41) is 3.57. The average Bonchev–Trinajstić information content (AvgIpc) is 3.17. The Bertz CT molecular complexity index is 412. The topological polar surface area (TPSA) is 42.0 Å². The van der Waals surface area contributed by atoms with Crippen LogP contribution in [0.3, 0.4) is 0 Å². The van der Waals surface area contributed by atoms with Crippen molar-refractivity contribution in [2.75, 3.05) is 0 Å². The van der Waals surface area contributed by atoms with Crippen molar-refractivity contribution in [3.05, 3.63) is 29.0 Å². The van der Waals surface area contributed by atoms with E-state index in [2.05, 4.69) is 10.3 Å². The summed E-state index contributed by atoms with van der Waals surface area (Å²) in [5.41, 5.74) is 0.598. The van der Waals surface area contributed by atoms with Gasteiger partial charge >= 0.3 is 0 Å². The van der Waals surface area contributed by atoms with Gasteiger partial charge in [0, 0.05) is 12.2 Å². The van der Waals surface area contributed by atoms with Crippen LogP contribution in [0.5, 0.6) is 0 Å². The molecule has 3 rings (SSSR count). The van der Waals surface area contributed by atoms with E-state index in [4.69, 9.17) is 11.6 Å². The molecule has 1 aromatic rings. The number of hydrogen-bond acceptors (Lipinski definition) is 2. The molecule has 0 radical (unpaired) electrons. The Hall–Kier alpha value is -1.09. The van der Waals surface area contributed by atoms with E-state index in [0.29, 0.717) is 28.6 Å². The zero-order chi connectivity index (χ0) is 11.8. The van der Waals surface area contributed by atoms with Crippen molar-refractivity contribution in [2.24, 2.45) is 11.8 Å². The Balaban J connectivity index is 1.67. The van der Waals surface area contributed by atoms with Crippen molar-refractivity contribution >= 4 is 17.5 Å². The molecule has 0 saturated heterocycles. The van der Waals surface area contributed by atoms with E-state index in [-0.39, 0.29) is 5.91 Å². The molecule has 2 saturated carbocycles. The Morgan fingerprint density at radius 2 is 1.94 bits per heavy atom. The first kappa shape index (κ1) is 11.0. The fraction of sp³-hybridized carbons (Fsp3) is 0.538. The van der Waals surface area contributed by atoms with Gasteiger partial charge in [0.05, 0.1) is 5.56 Å². The first-order valence-electron chi connectivity index (χ1n) is 6.16. The van der Waals surface area contributed by atoms with Crippen molar-refractivity contribution in [3.8, 4) is 0 Å². The van der Waals surface area contributed by atoms with Gasteiger partial charge in [0.2, 0.25) is 0 Å². The molecule has 2 aliphatic rings. The van der Waals surface area contributed by atoms with Gasteiger partial charge in [-0.1, -0.05) is 11.6 Å². The van der Waals surface area contributed by atoms with Crippen LogP contribution in [0.2, 0.25) is 5.15 Å². The number of pyridine rings is 1. The second kappa shape index (κ2) is 4.30. The Kier molecular flexibility index (Phi) is 2.79. The van der Waals surface area contributed by atoms with Crippen LogP contribution in [0.4, 0.5) is 0 Å². The Morgan fingerprint density at radius 3 is 2.41 bits per heavy atom. The van der Waals surface area contributed by atoms with E-state index in [9.17, 15) is 4.79 Å². The van der Waals surface area contributed by atoms with E-state index < -0.39 is 0 Å². The van der Waals surface area contributed by atoms with Crippen molar-refractivity contribution < 1.29 is 4.79 Å². The summed E-state index contributed by atoms with van der Waals surface area (Å²) in [5.74, 6) is 1.41. The lowest BCUT2D eigenvalue weighted by atomic mass is 10.1. The molecule has 2 aliphatic carbocycles. The summed E-state index contributed by atoms with van der Waals surface area (Å²) < 4.78 is 0. The van der Waals surface area contributed by atoms with Crippen LogP contribution in [0.15, 0.2) is 18.3 Å². The van der Waals surface area contributed by atoms with Gasteiger partial charge in [-0.2, -0.15) is 0 Å². The van der Waals surface area contributed by atoms with Crippen LogP contribution in [0.1, 0.15) is 36.0 Å². The number of nitrogens with zero attached hydrogens (tertiary/aromatic N) is 1. The summed E-state index contributed by atoms with van der Waals surface area (Å²) in [4.78, 5) is 16.0. The van der Waals surface area contributed by atoms with E-state index in [1.807, 2.05) is 0 Å². The van der Waals surface area contributed by atoms with E-state index in [1.54, 1.807) is 12.1 Å². The fourth-order valence-electron chi connectivity index (χ4n) is 2.28. The van der Waals surface area contributed by atoms with Crippen molar-refractivity contribution in [1.82, 2.24) is 10.3 Å². The molecule has 4 heteroatoms. The zero-order valence-electron chi connectivity index (χ0n) is 9.53. The SMILES string of the molecule is O=C(NC(C1CC1)C1CC1)c1ccc(Cl)nc1. The van der Waals surface area contributed by atoms with Crippen LogP contribution in [-0.4, -0.2) is 16.9 Å². The predicted octanol–water partition coefficient (Wildman–Crippen LogP) is 2.65. The fourth-order valence-corrected chi connectivity index (χ4v) is 2.39. The molecule has 0 aliphatic heterocycles. The summed E-state index contributed by atoms with van der Waals surface area (Å²) in [6.07, 6.45) is 6.59. The maximum absolute atomic E-state index is 12.0. The van der Waals surface area contributed by atoms with Gasteiger partial charge in [-0.05, 0) is 49.7 Å². The predicted molar refractivity (Wildman–Crippen MR) is 65.9 cm³/mol. The smallest absolute Gasteiger partial charge is 0.253 e. The second-order valence-corrected chi connectivity index (χ2v) is 5.43. The number of halogens is 1. The normalized spacial score (nSPS) is 19.4. The van der Waals surface area contributed by atoms with Gasteiger partial charge in [0.25, 0.3) is 5.91 Å². The molecule has 2 fully saturated rings. The summed E-state index contributed by atoms with van der Waals surface area (Å²) >= 11 is 5.70. The highest BCUT2D eigenvalue weighted by Crippen LogP contribution is 2.44. The maximum atomic E-state index is 12.0. The standard InChI is InChI=1S/C13H15ClN2O/c14-11-6-5-10(7-15-11)13(17)16-12(8-1-2-8)9-3-4-9/h5-9,12H,1-4H2,(H,16,17). The summed E-state index contributed by atoms with van der Waals surface area (Å²) in [7, 11) is 0.